The Morgan fingerprint density at radius 3 is 2.57 bits per heavy atom. The fourth-order valence-corrected chi connectivity index (χ4v) is 3.09. The van der Waals surface area contributed by atoms with E-state index in [1.807, 2.05) is 0 Å². The van der Waals surface area contributed by atoms with Crippen LogP contribution in [0.1, 0.15) is 63.4 Å². The van der Waals surface area contributed by atoms with Gasteiger partial charge in [-0.15, -0.1) is 0 Å². The van der Waals surface area contributed by atoms with Crippen LogP contribution in [0.25, 0.3) is 0 Å². The van der Waals surface area contributed by atoms with E-state index in [0.29, 0.717) is 5.41 Å². The van der Waals surface area contributed by atoms with Gasteiger partial charge in [0.15, 0.2) is 11.5 Å². The second kappa shape index (κ2) is 6.41. The molecule has 5 nitrogen and oxygen atoms in total. The van der Waals surface area contributed by atoms with Crippen LogP contribution in [0.4, 0.5) is 5.82 Å². The molecule has 1 amide bonds. The van der Waals surface area contributed by atoms with Crippen LogP contribution in [0.15, 0.2) is 12.4 Å². The van der Waals surface area contributed by atoms with Gasteiger partial charge in [-0.25, -0.2) is 9.97 Å². The Labute approximate surface area is 126 Å². The quantitative estimate of drug-likeness (QED) is 0.821. The van der Waals surface area contributed by atoms with Crippen LogP contribution < -0.4 is 11.1 Å². The van der Waals surface area contributed by atoms with Gasteiger partial charge in [-0.05, 0) is 37.0 Å². The number of hydrogen-bond donors (Lipinski definition) is 2. The Hall–Kier alpha value is -1.65. The number of rotatable bonds is 2. The number of anilines is 1. The first-order chi connectivity index (χ1) is 9.88. The number of nitrogens with one attached hydrogen (secondary N) is 1. The topological polar surface area (TPSA) is 80.9 Å². The fraction of sp³-hybridized carbons (Fsp3) is 0.688. The second-order valence-electron chi connectivity index (χ2n) is 7.03. The Kier molecular flexibility index (Phi) is 4.80. The minimum absolute atomic E-state index is 0.191. The summed E-state index contributed by atoms with van der Waals surface area (Å²) in [4.78, 5) is 20.2. The highest BCUT2D eigenvalue weighted by Crippen LogP contribution is 2.36. The zero-order valence-corrected chi connectivity index (χ0v) is 13.2. The summed E-state index contributed by atoms with van der Waals surface area (Å²) in [7, 11) is 0. The molecule has 116 valence electrons. The molecule has 0 spiro atoms. The molecule has 0 aliphatic heterocycles. The largest absolute Gasteiger partial charge is 0.382 e. The third kappa shape index (κ3) is 4.16. The van der Waals surface area contributed by atoms with E-state index in [-0.39, 0.29) is 23.5 Å². The molecule has 2 unspecified atom stereocenters. The van der Waals surface area contributed by atoms with Crippen LogP contribution in [0.3, 0.4) is 0 Å². The Morgan fingerprint density at radius 2 is 1.90 bits per heavy atom. The molecule has 21 heavy (non-hydrogen) atoms. The van der Waals surface area contributed by atoms with Crippen molar-refractivity contribution in [3.05, 3.63) is 18.1 Å². The summed E-state index contributed by atoms with van der Waals surface area (Å²) < 4.78 is 0. The highest BCUT2D eigenvalue weighted by Gasteiger charge is 2.28. The number of nitrogen functional groups attached to an aromatic ring is 1. The molecule has 1 aromatic heterocycles. The maximum atomic E-state index is 12.2. The molecule has 3 N–H and O–H groups in total. The summed E-state index contributed by atoms with van der Waals surface area (Å²) in [6.45, 7) is 6.91. The van der Waals surface area contributed by atoms with Gasteiger partial charge in [0.25, 0.3) is 5.91 Å². The van der Waals surface area contributed by atoms with Crippen molar-refractivity contribution in [3.8, 4) is 0 Å². The lowest BCUT2D eigenvalue weighted by molar-refractivity contribution is 0.0928. The van der Waals surface area contributed by atoms with Crippen molar-refractivity contribution in [1.29, 1.82) is 0 Å². The molecule has 1 aliphatic rings. The van der Waals surface area contributed by atoms with Gasteiger partial charge in [-0.1, -0.05) is 27.2 Å². The number of carbonyl (C=O) groups is 1. The highest BCUT2D eigenvalue weighted by atomic mass is 16.2. The third-order valence-electron chi connectivity index (χ3n) is 4.47. The van der Waals surface area contributed by atoms with Crippen molar-refractivity contribution in [1.82, 2.24) is 15.3 Å². The summed E-state index contributed by atoms with van der Waals surface area (Å²) in [6.07, 6.45) is 8.59. The SMILES string of the molecule is CC(C)(C)C1CCCC(NC(=O)c2nccnc2N)CC1. The number of nitrogens with two attached hydrogens (primary N) is 1. The van der Waals surface area contributed by atoms with Crippen LogP contribution in [0.2, 0.25) is 0 Å². The van der Waals surface area contributed by atoms with Crippen molar-refractivity contribution in [2.24, 2.45) is 11.3 Å². The number of amides is 1. The minimum Gasteiger partial charge on any atom is -0.382 e. The molecule has 5 heteroatoms. The Bertz CT molecular complexity index is 495. The van der Waals surface area contributed by atoms with Gasteiger partial charge >= 0.3 is 0 Å². The van der Waals surface area contributed by atoms with Gasteiger partial charge in [0.05, 0.1) is 0 Å². The van der Waals surface area contributed by atoms with Gasteiger partial charge in [-0.3, -0.25) is 4.79 Å². The van der Waals surface area contributed by atoms with Crippen LogP contribution in [0, 0.1) is 11.3 Å². The fourth-order valence-electron chi connectivity index (χ4n) is 3.09. The minimum atomic E-state index is -0.209. The second-order valence-corrected chi connectivity index (χ2v) is 7.03. The maximum Gasteiger partial charge on any atom is 0.273 e. The molecule has 0 radical (unpaired) electrons. The van der Waals surface area contributed by atoms with E-state index in [1.54, 1.807) is 0 Å². The van der Waals surface area contributed by atoms with E-state index in [2.05, 4.69) is 36.1 Å². The van der Waals surface area contributed by atoms with Gasteiger partial charge in [0.2, 0.25) is 0 Å². The van der Waals surface area contributed by atoms with E-state index in [1.165, 1.54) is 18.8 Å². The molecule has 1 heterocycles. The van der Waals surface area contributed by atoms with Crippen molar-refractivity contribution < 1.29 is 4.79 Å². The van der Waals surface area contributed by atoms with Crippen LogP contribution in [-0.4, -0.2) is 21.9 Å². The monoisotopic (exact) mass is 290 g/mol. The average molecular weight is 290 g/mol. The Balaban J connectivity index is 1.95. The standard InChI is InChI=1S/C16H26N4O/c1-16(2,3)11-5-4-6-12(8-7-11)20-15(21)13-14(17)19-10-9-18-13/h9-12H,4-8H2,1-3H3,(H2,17,19)(H,20,21). The number of hydrogen-bond acceptors (Lipinski definition) is 4. The number of aromatic nitrogens is 2. The summed E-state index contributed by atoms with van der Waals surface area (Å²) in [5.41, 5.74) is 6.27. The van der Waals surface area contributed by atoms with Crippen LogP contribution >= 0.6 is 0 Å². The van der Waals surface area contributed by atoms with Crippen molar-refractivity contribution in [2.45, 2.75) is 58.9 Å². The lowest BCUT2D eigenvalue weighted by Gasteiger charge is -2.29. The first-order valence-electron chi connectivity index (χ1n) is 7.75. The molecular formula is C16H26N4O. The summed E-state index contributed by atoms with van der Waals surface area (Å²) in [5.74, 6) is 0.706. The van der Waals surface area contributed by atoms with Gasteiger partial charge in [0, 0.05) is 18.4 Å². The van der Waals surface area contributed by atoms with Crippen LogP contribution in [0.5, 0.6) is 0 Å². The van der Waals surface area contributed by atoms with Gasteiger partial charge < -0.3 is 11.1 Å². The molecule has 1 fully saturated rings. The predicted octanol–water partition coefficient (Wildman–Crippen LogP) is 2.78. The molecule has 0 bridgehead atoms. The van der Waals surface area contributed by atoms with Gasteiger partial charge in [-0.2, -0.15) is 0 Å². The zero-order valence-electron chi connectivity index (χ0n) is 13.2. The van der Waals surface area contributed by atoms with E-state index in [4.69, 9.17) is 5.73 Å². The van der Waals surface area contributed by atoms with E-state index in [9.17, 15) is 4.79 Å². The zero-order chi connectivity index (χ0) is 15.5. The number of carbonyl (C=O) groups excluding carboxylic acids is 1. The van der Waals surface area contributed by atoms with E-state index in [0.717, 1.165) is 31.6 Å². The summed E-state index contributed by atoms with van der Waals surface area (Å²) >= 11 is 0. The molecular weight excluding hydrogens is 264 g/mol. The number of nitrogens with zero attached hydrogens (tertiary/aromatic N) is 2. The molecule has 0 aromatic carbocycles. The first kappa shape index (κ1) is 15.7. The third-order valence-corrected chi connectivity index (χ3v) is 4.47. The molecule has 2 atom stereocenters. The van der Waals surface area contributed by atoms with Crippen molar-refractivity contribution in [2.75, 3.05) is 5.73 Å². The highest BCUT2D eigenvalue weighted by molar-refractivity contribution is 5.96. The predicted molar refractivity (Wildman–Crippen MR) is 83.7 cm³/mol. The average Bonchev–Trinajstić information content (AvgIpc) is 2.64. The van der Waals surface area contributed by atoms with Crippen LogP contribution in [-0.2, 0) is 0 Å². The van der Waals surface area contributed by atoms with Crippen molar-refractivity contribution >= 4 is 11.7 Å². The normalized spacial score (nSPS) is 23.4. The van der Waals surface area contributed by atoms with E-state index < -0.39 is 0 Å². The van der Waals surface area contributed by atoms with E-state index >= 15 is 0 Å². The van der Waals surface area contributed by atoms with Gasteiger partial charge in [0.1, 0.15) is 0 Å². The summed E-state index contributed by atoms with van der Waals surface area (Å²) in [6, 6.07) is 0.214. The molecule has 1 saturated carbocycles. The first-order valence-corrected chi connectivity index (χ1v) is 7.75. The molecule has 0 saturated heterocycles. The molecule has 2 rings (SSSR count). The summed E-state index contributed by atoms with van der Waals surface area (Å²) in [5, 5.41) is 3.07. The van der Waals surface area contributed by atoms with Crippen molar-refractivity contribution in [3.63, 3.8) is 0 Å². The molecule has 1 aromatic rings. The maximum absolute atomic E-state index is 12.2. The lowest BCUT2D eigenvalue weighted by atomic mass is 9.76. The lowest BCUT2D eigenvalue weighted by Crippen LogP contribution is -2.35. The molecule has 1 aliphatic carbocycles. The smallest absolute Gasteiger partial charge is 0.273 e. The Morgan fingerprint density at radius 1 is 1.19 bits per heavy atom.